The minimum absolute atomic E-state index is 0.307. The predicted octanol–water partition coefficient (Wildman–Crippen LogP) is 4.67. The van der Waals surface area contributed by atoms with E-state index in [0.717, 1.165) is 36.8 Å². The molecule has 0 fully saturated rings. The summed E-state index contributed by atoms with van der Waals surface area (Å²) in [4.78, 5) is 25.4. The summed E-state index contributed by atoms with van der Waals surface area (Å²) in [5.74, 6) is -0.161. The first-order valence-corrected chi connectivity index (χ1v) is 9.87. The summed E-state index contributed by atoms with van der Waals surface area (Å²) in [7, 11) is 0. The van der Waals surface area contributed by atoms with Crippen molar-refractivity contribution in [1.29, 1.82) is 0 Å². The van der Waals surface area contributed by atoms with E-state index < -0.39 is 5.91 Å². The molecule has 2 aromatic rings. The van der Waals surface area contributed by atoms with E-state index in [-0.39, 0.29) is 5.91 Å². The number of carbonyl (C=O) groups excluding carboxylic acids is 2. The smallest absolute Gasteiger partial charge is 0.251 e. The van der Waals surface area contributed by atoms with Gasteiger partial charge in [-0.2, -0.15) is 0 Å². The number of anilines is 1. The van der Waals surface area contributed by atoms with Crippen LogP contribution in [0.25, 0.3) is 6.08 Å². The molecule has 0 spiro atoms. The van der Waals surface area contributed by atoms with Crippen molar-refractivity contribution in [1.82, 2.24) is 0 Å². The molecule has 0 bridgehead atoms. The van der Waals surface area contributed by atoms with Crippen LogP contribution in [0.3, 0.4) is 0 Å². The van der Waals surface area contributed by atoms with Gasteiger partial charge in [-0.1, -0.05) is 43.1 Å². The monoisotopic (exact) mass is 388 g/mol. The lowest BCUT2D eigenvalue weighted by Crippen LogP contribution is -2.19. The molecule has 6 heteroatoms. The van der Waals surface area contributed by atoms with Crippen molar-refractivity contribution in [3.63, 3.8) is 0 Å². The summed E-state index contributed by atoms with van der Waals surface area (Å²) >= 11 is 7.56. The molecule has 0 radical (unpaired) electrons. The number of hydrogen-bond acceptors (Lipinski definition) is 3. The van der Waals surface area contributed by atoms with Gasteiger partial charge in [-0.15, -0.1) is 11.3 Å². The topological polar surface area (TPSA) is 72.2 Å². The number of nitrogens with one attached hydrogen (secondary N) is 1. The first kappa shape index (κ1) is 18.7. The van der Waals surface area contributed by atoms with Crippen molar-refractivity contribution in [2.24, 2.45) is 11.7 Å². The fraction of sp³-hybridized carbons (Fsp3) is 0.300. The molecule has 1 aromatic heterocycles. The van der Waals surface area contributed by atoms with E-state index in [1.807, 2.05) is 18.2 Å². The molecule has 2 amide bonds. The molecule has 1 aliphatic carbocycles. The van der Waals surface area contributed by atoms with Crippen LogP contribution in [0.15, 0.2) is 30.3 Å². The van der Waals surface area contributed by atoms with Crippen molar-refractivity contribution >= 4 is 45.8 Å². The number of halogens is 1. The van der Waals surface area contributed by atoms with Crippen molar-refractivity contribution < 1.29 is 9.59 Å². The summed E-state index contributed by atoms with van der Waals surface area (Å²) < 4.78 is 0. The van der Waals surface area contributed by atoms with E-state index in [2.05, 4.69) is 12.2 Å². The number of fused-ring (bicyclic) bond motifs is 1. The number of thiophene rings is 1. The SMILES string of the molecule is CCC1CCc2c(sc(NC(=O)C=Cc3ccccc3Cl)c2C(N)=O)C1. The fourth-order valence-corrected chi connectivity index (χ4v) is 4.85. The Balaban J connectivity index is 1.81. The number of carbonyl (C=O) groups is 2. The summed E-state index contributed by atoms with van der Waals surface area (Å²) in [6, 6.07) is 7.28. The highest BCUT2D eigenvalue weighted by Crippen LogP contribution is 2.40. The van der Waals surface area contributed by atoms with E-state index in [0.29, 0.717) is 21.5 Å². The van der Waals surface area contributed by atoms with Crippen molar-refractivity contribution in [2.75, 3.05) is 5.32 Å². The van der Waals surface area contributed by atoms with Gasteiger partial charge in [0.15, 0.2) is 0 Å². The quantitative estimate of drug-likeness (QED) is 0.730. The zero-order valence-corrected chi connectivity index (χ0v) is 16.1. The van der Waals surface area contributed by atoms with Gasteiger partial charge in [0.05, 0.1) is 5.56 Å². The van der Waals surface area contributed by atoms with Gasteiger partial charge in [-0.3, -0.25) is 9.59 Å². The maximum absolute atomic E-state index is 12.3. The number of rotatable bonds is 5. The van der Waals surface area contributed by atoms with Gasteiger partial charge in [-0.05, 0) is 48.4 Å². The molecule has 4 nitrogen and oxygen atoms in total. The molecule has 3 rings (SSSR count). The van der Waals surface area contributed by atoms with Gasteiger partial charge >= 0.3 is 0 Å². The normalized spacial score (nSPS) is 16.5. The maximum atomic E-state index is 12.3. The first-order valence-electron chi connectivity index (χ1n) is 8.67. The van der Waals surface area contributed by atoms with Gasteiger partial charge in [0, 0.05) is 16.0 Å². The Morgan fingerprint density at radius 3 is 2.85 bits per heavy atom. The molecule has 1 aromatic carbocycles. The summed E-state index contributed by atoms with van der Waals surface area (Å²) in [6.07, 6.45) is 7.03. The average Bonchev–Trinajstić information content (AvgIpc) is 2.97. The second-order valence-corrected chi connectivity index (χ2v) is 7.95. The first-order chi connectivity index (χ1) is 12.5. The zero-order chi connectivity index (χ0) is 18.7. The summed E-state index contributed by atoms with van der Waals surface area (Å²) in [6.45, 7) is 2.18. The van der Waals surface area contributed by atoms with Crippen LogP contribution in [0.2, 0.25) is 5.02 Å². The van der Waals surface area contributed by atoms with Crippen molar-refractivity contribution in [3.05, 3.63) is 56.9 Å². The standard InChI is InChI=1S/C20H21ClN2O2S/c1-2-12-7-9-14-16(11-12)26-20(18(14)19(22)25)23-17(24)10-8-13-5-3-4-6-15(13)21/h3-6,8,10,12H,2,7,9,11H2,1H3,(H2,22,25)(H,23,24). The van der Waals surface area contributed by atoms with Gasteiger partial charge in [0.1, 0.15) is 5.00 Å². The second-order valence-electron chi connectivity index (χ2n) is 6.43. The molecular weight excluding hydrogens is 368 g/mol. The van der Waals surface area contributed by atoms with Gasteiger partial charge in [0.25, 0.3) is 5.91 Å². The lowest BCUT2D eigenvalue weighted by atomic mass is 9.85. The fourth-order valence-electron chi connectivity index (χ4n) is 3.28. The van der Waals surface area contributed by atoms with Crippen LogP contribution in [0.1, 0.15) is 46.1 Å². The molecule has 1 heterocycles. The molecular formula is C20H21ClN2O2S. The Morgan fingerprint density at radius 1 is 1.38 bits per heavy atom. The molecule has 0 saturated carbocycles. The number of amides is 2. The third-order valence-corrected chi connectivity index (χ3v) is 6.26. The van der Waals surface area contributed by atoms with Gasteiger partial charge < -0.3 is 11.1 Å². The molecule has 26 heavy (non-hydrogen) atoms. The minimum atomic E-state index is -0.483. The minimum Gasteiger partial charge on any atom is -0.365 e. The van der Waals surface area contributed by atoms with Gasteiger partial charge in [-0.25, -0.2) is 0 Å². The molecule has 0 aliphatic heterocycles. The van der Waals surface area contributed by atoms with Crippen molar-refractivity contribution in [3.8, 4) is 0 Å². The van der Waals surface area contributed by atoms with Crippen LogP contribution in [-0.2, 0) is 17.6 Å². The Labute approximate surface area is 162 Å². The Morgan fingerprint density at radius 2 is 2.15 bits per heavy atom. The Kier molecular flexibility index (Phi) is 5.79. The summed E-state index contributed by atoms with van der Waals surface area (Å²) in [5, 5.41) is 3.95. The zero-order valence-electron chi connectivity index (χ0n) is 14.5. The lowest BCUT2D eigenvalue weighted by molar-refractivity contribution is -0.111. The van der Waals surface area contributed by atoms with Gasteiger partial charge in [0.2, 0.25) is 5.91 Å². The van der Waals surface area contributed by atoms with E-state index in [1.165, 1.54) is 22.3 Å². The van der Waals surface area contributed by atoms with E-state index in [9.17, 15) is 9.59 Å². The maximum Gasteiger partial charge on any atom is 0.251 e. The Hall–Kier alpha value is -2.11. The molecule has 0 saturated heterocycles. The van der Waals surface area contributed by atoms with E-state index in [1.54, 1.807) is 12.1 Å². The molecule has 3 N–H and O–H groups in total. The predicted molar refractivity (Wildman–Crippen MR) is 108 cm³/mol. The highest BCUT2D eigenvalue weighted by Gasteiger charge is 2.27. The van der Waals surface area contributed by atoms with Crippen LogP contribution in [0, 0.1) is 5.92 Å². The van der Waals surface area contributed by atoms with Crippen LogP contribution >= 0.6 is 22.9 Å². The van der Waals surface area contributed by atoms with Crippen LogP contribution in [0.4, 0.5) is 5.00 Å². The third-order valence-electron chi connectivity index (χ3n) is 4.75. The highest BCUT2D eigenvalue weighted by molar-refractivity contribution is 7.17. The number of nitrogens with two attached hydrogens (primary N) is 1. The van der Waals surface area contributed by atoms with Crippen molar-refractivity contribution in [2.45, 2.75) is 32.6 Å². The molecule has 1 aliphatic rings. The van der Waals surface area contributed by atoms with E-state index >= 15 is 0 Å². The van der Waals surface area contributed by atoms with E-state index in [4.69, 9.17) is 17.3 Å². The number of primary amides is 1. The molecule has 1 atom stereocenters. The molecule has 136 valence electrons. The van der Waals surface area contributed by atoms with Crippen LogP contribution in [-0.4, -0.2) is 11.8 Å². The second kappa shape index (κ2) is 8.06. The third kappa shape index (κ3) is 4.00. The largest absolute Gasteiger partial charge is 0.365 e. The number of benzene rings is 1. The summed E-state index contributed by atoms with van der Waals surface area (Å²) in [5.41, 5.74) is 7.83. The molecule has 1 unspecified atom stereocenters. The lowest BCUT2D eigenvalue weighted by Gasteiger charge is -2.20. The number of hydrogen-bond donors (Lipinski definition) is 2. The van der Waals surface area contributed by atoms with Crippen LogP contribution in [0.5, 0.6) is 0 Å². The highest BCUT2D eigenvalue weighted by atomic mass is 35.5. The average molecular weight is 389 g/mol. The Bertz CT molecular complexity index is 873. The van der Waals surface area contributed by atoms with Crippen LogP contribution < -0.4 is 11.1 Å².